The quantitative estimate of drug-likeness (QED) is 0.222. The highest BCUT2D eigenvalue weighted by Gasteiger charge is 2.06. The Morgan fingerprint density at radius 3 is 1.83 bits per heavy atom. The van der Waals surface area contributed by atoms with E-state index in [1.54, 1.807) is 0 Å². The Bertz CT molecular complexity index is 1210. The fraction of sp³-hybridized carbons (Fsp3) is 0.0435. The molecular formula is C23H16. The molecule has 0 aromatic heterocycles. The first-order chi connectivity index (χ1) is 11.3. The molecule has 0 aliphatic heterocycles. The lowest BCUT2D eigenvalue weighted by Crippen LogP contribution is -1.82. The molecule has 0 aliphatic rings. The SMILES string of the molecule is Cc1ccc2c(ccc3c4cc5ccccc5cc4ccc23)c1. The van der Waals surface area contributed by atoms with Crippen LogP contribution in [0.15, 0.2) is 78.9 Å². The molecule has 108 valence electrons. The first-order valence-electron chi connectivity index (χ1n) is 8.04. The van der Waals surface area contributed by atoms with E-state index in [0.29, 0.717) is 0 Å². The Morgan fingerprint density at radius 1 is 0.435 bits per heavy atom. The minimum atomic E-state index is 1.30. The smallest absolute Gasteiger partial charge is 0.00987 e. The second kappa shape index (κ2) is 4.57. The van der Waals surface area contributed by atoms with Crippen molar-refractivity contribution in [2.75, 3.05) is 0 Å². The summed E-state index contributed by atoms with van der Waals surface area (Å²) in [7, 11) is 0. The van der Waals surface area contributed by atoms with Crippen molar-refractivity contribution in [2.24, 2.45) is 0 Å². The molecule has 0 saturated heterocycles. The summed E-state index contributed by atoms with van der Waals surface area (Å²) in [6, 6.07) is 29.0. The molecule has 5 aromatic carbocycles. The van der Waals surface area contributed by atoms with E-state index < -0.39 is 0 Å². The van der Waals surface area contributed by atoms with E-state index in [-0.39, 0.29) is 0 Å². The van der Waals surface area contributed by atoms with Gasteiger partial charge in [0.15, 0.2) is 0 Å². The number of rotatable bonds is 0. The first-order valence-corrected chi connectivity index (χ1v) is 8.04. The Hall–Kier alpha value is -2.86. The molecule has 0 radical (unpaired) electrons. The van der Waals surface area contributed by atoms with Gasteiger partial charge in [0.25, 0.3) is 0 Å². The van der Waals surface area contributed by atoms with Crippen LogP contribution in [0.4, 0.5) is 0 Å². The minimum absolute atomic E-state index is 1.30. The van der Waals surface area contributed by atoms with Gasteiger partial charge in [-0.25, -0.2) is 0 Å². The van der Waals surface area contributed by atoms with E-state index in [9.17, 15) is 0 Å². The van der Waals surface area contributed by atoms with Crippen molar-refractivity contribution < 1.29 is 0 Å². The highest BCUT2D eigenvalue weighted by molar-refractivity contribution is 6.19. The van der Waals surface area contributed by atoms with Crippen LogP contribution in [0.1, 0.15) is 5.56 Å². The minimum Gasteiger partial charge on any atom is -0.0616 e. The van der Waals surface area contributed by atoms with Crippen LogP contribution in [0.5, 0.6) is 0 Å². The zero-order valence-electron chi connectivity index (χ0n) is 13.0. The van der Waals surface area contributed by atoms with Crippen LogP contribution in [0, 0.1) is 6.92 Å². The molecule has 0 unspecified atom stereocenters. The van der Waals surface area contributed by atoms with Crippen molar-refractivity contribution in [2.45, 2.75) is 6.92 Å². The standard InChI is InChI=1S/C23H16/c1-15-6-9-20-18(12-15)7-11-22-21(20)10-8-19-13-16-4-2-3-5-17(16)14-23(19)22/h2-14H,1H3. The van der Waals surface area contributed by atoms with Gasteiger partial charge in [0.05, 0.1) is 0 Å². The van der Waals surface area contributed by atoms with E-state index in [2.05, 4.69) is 85.8 Å². The van der Waals surface area contributed by atoms with Crippen LogP contribution < -0.4 is 0 Å². The summed E-state index contributed by atoms with van der Waals surface area (Å²) in [4.78, 5) is 0. The molecule has 0 fully saturated rings. The lowest BCUT2D eigenvalue weighted by molar-refractivity contribution is 1.51. The number of benzene rings is 5. The van der Waals surface area contributed by atoms with Gasteiger partial charge in [0, 0.05) is 0 Å². The third-order valence-electron chi connectivity index (χ3n) is 4.85. The molecule has 0 aliphatic carbocycles. The molecule has 0 atom stereocenters. The van der Waals surface area contributed by atoms with Crippen molar-refractivity contribution >= 4 is 43.1 Å². The predicted octanol–water partition coefficient (Wildman–Crippen LogP) is 6.61. The van der Waals surface area contributed by atoms with Crippen LogP contribution in [0.3, 0.4) is 0 Å². The summed E-state index contributed by atoms with van der Waals surface area (Å²) < 4.78 is 0. The van der Waals surface area contributed by atoms with Gasteiger partial charge in [-0.2, -0.15) is 0 Å². The summed E-state index contributed by atoms with van der Waals surface area (Å²) in [6.45, 7) is 2.15. The van der Waals surface area contributed by atoms with Crippen molar-refractivity contribution in [3.8, 4) is 0 Å². The molecule has 0 amide bonds. The van der Waals surface area contributed by atoms with Crippen molar-refractivity contribution in [3.05, 3.63) is 84.4 Å². The normalized spacial score (nSPS) is 11.7. The maximum absolute atomic E-state index is 2.33. The van der Waals surface area contributed by atoms with Gasteiger partial charge in [0.1, 0.15) is 0 Å². The molecule has 0 heterocycles. The maximum atomic E-state index is 2.33. The van der Waals surface area contributed by atoms with Gasteiger partial charge < -0.3 is 0 Å². The van der Waals surface area contributed by atoms with Crippen LogP contribution >= 0.6 is 0 Å². The van der Waals surface area contributed by atoms with Crippen molar-refractivity contribution in [1.29, 1.82) is 0 Å². The molecule has 0 nitrogen and oxygen atoms in total. The van der Waals surface area contributed by atoms with Gasteiger partial charge in [-0.15, -0.1) is 0 Å². The summed E-state index contributed by atoms with van der Waals surface area (Å²) in [5, 5.41) is 10.6. The van der Waals surface area contributed by atoms with E-state index >= 15 is 0 Å². The summed E-state index contributed by atoms with van der Waals surface area (Å²) in [5.74, 6) is 0. The Morgan fingerprint density at radius 2 is 1.04 bits per heavy atom. The fourth-order valence-corrected chi connectivity index (χ4v) is 3.69. The van der Waals surface area contributed by atoms with Gasteiger partial charge in [-0.05, 0) is 62.1 Å². The molecule has 0 saturated carbocycles. The topological polar surface area (TPSA) is 0 Å². The lowest BCUT2D eigenvalue weighted by Gasteiger charge is -2.09. The number of hydrogen-bond acceptors (Lipinski definition) is 0. The Balaban J connectivity index is 1.98. The second-order valence-corrected chi connectivity index (χ2v) is 6.37. The average Bonchev–Trinajstić information content (AvgIpc) is 2.59. The van der Waals surface area contributed by atoms with Crippen LogP contribution in [0.25, 0.3) is 43.1 Å². The van der Waals surface area contributed by atoms with Gasteiger partial charge in [0.2, 0.25) is 0 Å². The summed E-state index contributed by atoms with van der Waals surface area (Å²) >= 11 is 0. The molecule has 0 heteroatoms. The van der Waals surface area contributed by atoms with Crippen molar-refractivity contribution in [3.63, 3.8) is 0 Å². The van der Waals surface area contributed by atoms with Crippen LogP contribution in [-0.4, -0.2) is 0 Å². The predicted molar refractivity (Wildman–Crippen MR) is 101 cm³/mol. The average molecular weight is 292 g/mol. The second-order valence-electron chi connectivity index (χ2n) is 6.37. The van der Waals surface area contributed by atoms with Gasteiger partial charge in [-0.1, -0.05) is 72.3 Å². The molecule has 0 bridgehead atoms. The molecule has 0 spiro atoms. The third-order valence-corrected chi connectivity index (χ3v) is 4.85. The van der Waals surface area contributed by atoms with E-state index in [1.165, 1.54) is 48.7 Å². The molecule has 23 heavy (non-hydrogen) atoms. The third kappa shape index (κ3) is 1.85. The molecular weight excluding hydrogens is 276 g/mol. The van der Waals surface area contributed by atoms with E-state index in [1.807, 2.05) is 0 Å². The lowest BCUT2D eigenvalue weighted by atomic mass is 9.94. The number of aryl methyl sites for hydroxylation is 1. The summed E-state index contributed by atoms with van der Waals surface area (Å²) in [6.07, 6.45) is 0. The number of hydrogen-bond donors (Lipinski definition) is 0. The van der Waals surface area contributed by atoms with Gasteiger partial charge >= 0.3 is 0 Å². The Labute approximate surface area is 135 Å². The zero-order valence-corrected chi connectivity index (χ0v) is 13.0. The zero-order chi connectivity index (χ0) is 15.4. The highest BCUT2D eigenvalue weighted by atomic mass is 14.1. The molecule has 5 rings (SSSR count). The van der Waals surface area contributed by atoms with Crippen LogP contribution in [0.2, 0.25) is 0 Å². The molecule has 5 aromatic rings. The van der Waals surface area contributed by atoms with Crippen molar-refractivity contribution in [1.82, 2.24) is 0 Å². The summed E-state index contributed by atoms with van der Waals surface area (Å²) in [5.41, 5.74) is 1.31. The van der Waals surface area contributed by atoms with Crippen LogP contribution in [-0.2, 0) is 0 Å². The monoisotopic (exact) mass is 292 g/mol. The maximum Gasteiger partial charge on any atom is -0.00987 e. The fourth-order valence-electron chi connectivity index (χ4n) is 3.69. The largest absolute Gasteiger partial charge is 0.0616 e. The van der Waals surface area contributed by atoms with E-state index in [4.69, 9.17) is 0 Å². The van der Waals surface area contributed by atoms with E-state index in [0.717, 1.165) is 0 Å². The first kappa shape index (κ1) is 12.7. The van der Waals surface area contributed by atoms with Gasteiger partial charge in [-0.3, -0.25) is 0 Å². The highest BCUT2D eigenvalue weighted by Crippen LogP contribution is 2.33. The number of fused-ring (bicyclic) bond motifs is 6. The molecule has 0 N–H and O–H groups in total. The Kier molecular flexibility index (Phi) is 2.51.